The number of aromatic hydroxyl groups is 2. The summed E-state index contributed by atoms with van der Waals surface area (Å²) >= 11 is 0. The summed E-state index contributed by atoms with van der Waals surface area (Å²) in [4.78, 5) is 42.6. The second kappa shape index (κ2) is 16.9. The lowest BCUT2D eigenvalue weighted by molar-refractivity contribution is -0.160. The number of ketones is 1. The molecule has 13 heteroatoms. The van der Waals surface area contributed by atoms with Gasteiger partial charge in [-0.05, 0) is 44.7 Å². The lowest BCUT2D eigenvalue weighted by atomic mass is 9.78. The first-order valence-electron chi connectivity index (χ1n) is 19.4. The van der Waals surface area contributed by atoms with Crippen molar-refractivity contribution in [3.8, 4) is 17.2 Å². The summed E-state index contributed by atoms with van der Waals surface area (Å²) in [6, 6.07) is 1.63. The Bertz CT molecular complexity index is 1930. The summed E-state index contributed by atoms with van der Waals surface area (Å²) in [5, 5.41) is 49.4. The highest BCUT2D eigenvalue weighted by molar-refractivity contribution is 6.23. The molecule has 0 aliphatic carbocycles. The van der Waals surface area contributed by atoms with E-state index in [1.165, 1.54) is 27.2 Å². The van der Waals surface area contributed by atoms with Crippen molar-refractivity contribution in [2.24, 2.45) is 29.6 Å². The van der Waals surface area contributed by atoms with E-state index >= 15 is 0 Å². The highest BCUT2D eigenvalue weighted by Crippen LogP contribution is 2.54. The van der Waals surface area contributed by atoms with Crippen LogP contribution in [0.15, 0.2) is 42.2 Å². The van der Waals surface area contributed by atoms with Gasteiger partial charge in [-0.1, -0.05) is 52.8 Å². The number of allylic oxidation sites excluding steroid dienone is 2. The van der Waals surface area contributed by atoms with Crippen molar-refractivity contribution in [3.05, 3.63) is 53.3 Å². The Balaban J connectivity index is 1.69. The summed E-state index contributed by atoms with van der Waals surface area (Å²) in [6.45, 7) is 16.4. The molecule has 4 aliphatic heterocycles. The van der Waals surface area contributed by atoms with E-state index in [9.17, 15) is 34.8 Å². The van der Waals surface area contributed by atoms with Gasteiger partial charge in [0.05, 0.1) is 41.2 Å². The van der Waals surface area contributed by atoms with E-state index in [2.05, 4.69) is 17.1 Å². The molecule has 9 atom stereocenters. The summed E-state index contributed by atoms with van der Waals surface area (Å²) in [5.41, 5.74) is 1.21. The second-order valence-corrected chi connectivity index (χ2v) is 16.1. The van der Waals surface area contributed by atoms with Crippen molar-refractivity contribution < 1.29 is 53.8 Å². The SMILES string of the molecule is COC1C=COC2(C)Oc3c(C)c(O)c4c(O)c(cc(N5CCC(C)CC5)c4c3C2=O)NC(=O)/C(C)=C\C=C/C(C)C(O)C(C)C(O)C(C)C(OC(C)=O)C1C. The first kappa shape index (κ1) is 42.6. The Morgan fingerprint density at radius 3 is 2.23 bits per heavy atom. The van der Waals surface area contributed by atoms with E-state index < -0.39 is 77.3 Å². The molecule has 5 N–H and O–H groups in total. The van der Waals surface area contributed by atoms with Gasteiger partial charge < -0.3 is 49.6 Å². The Morgan fingerprint density at radius 2 is 1.61 bits per heavy atom. The molecule has 13 nitrogen and oxygen atoms in total. The Kier molecular flexibility index (Phi) is 12.8. The fraction of sp³-hybridized carbons (Fsp3) is 0.558. The number of fused-ring (bicyclic) bond motifs is 14. The minimum atomic E-state index is -1.90. The number of benzene rings is 2. The second-order valence-electron chi connectivity index (χ2n) is 16.1. The largest absolute Gasteiger partial charge is 0.507 e. The van der Waals surface area contributed by atoms with E-state index in [1.54, 1.807) is 71.9 Å². The fourth-order valence-electron chi connectivity index (χ4n) is 8.15. The highest BCUT2D eigenvalue weighted by atomic mass is 16.7. The average molecular weight is 779 g/mol. The normalized spacial score (nSPS) is 32.4. The van der Waals surface area contributed by atoms with Crippen molar-refractivity contribution in [3.63, 3.8) is 0 Å². The topological polar surface area (TPSA) is 184 Å². The quantitative estimate of drug-likeness (QED) is 0.174. The molecule has 4 aliphatic rings. The molecule has 0 spiro atoms. The number of Topliss-reactive ketones (excluding diaryl/α,β-unsaturated/α-hetero) is 1. The number of amides is 1. The first-order valence-corrected chi connectivity index (χ1v) is 19.4. The first-order chi connectivity index (χ1) is 26.3. The van der Waals surface area contributed by atoms with Gasteiger partial charge in [0, 0.05) is 79.9 Å². The number of piperidine rings is 1. The lowest BCUT2D eigenvalue weighted by Gasteiger charge is -2.38. The fourth-order valence-corrected chi connectivity index (χ4v) is 8.15. The maximum atomic E-state index is 14.6. The van der Waals surface area contributed by atoms with Gasteiger partial charge in [0.2, 0.25) is 0 Å². The van der Waals surface area contributed by atoms with Crippen LogP contribution >= 0.6 is 0 Å². The number of rotatable bonds is 3. The monoisotopic (exact) mass is 778 g/mol. The lowest BCUT2D eigenvalue weighted by Crippen LogP contribution is -2.46. The smallest absolute Gasteiger partial charge is 0.312 e. The molecular weight excluding hydrogens is 720 g/mol. The highest BCUT2D eigenvalue weighted by Gasteiger charge is 2.50. The number of aliphatic hydroxyl groups is 2. The molecule has 5 bridgehead atoms. The average Bonchev–Trinajstić information content (AvgIpc) is 3.43. The van der Waals surface area contributed by atoms with Gasteiger partial charge in [-0.2, -0.15) is 0 Å². The number of carbonyl (C=O) groups excluding carboxylic acids is 3. The molecule has 9 unspecified atom stereocenters. The third-order valence-corrected chi connectivity index (χ3v) is 12.0. The van der Waals surface area contributed by atoms with Crippen molar-refractivity contribution in [1.29, 1.82) is 0 Å². The molecule has 0 radical (unpaired) electrons. The van der Waals surface area contributed by atoms with Gasteiger partial charge in [0.15, 0.2) is 5.75 Å². The van der Waals surface area contributed by atoms with Crippen LogP contribution in [0.5, 0.6) is 17.2 Å². The van der Waals surface area contributed by atoms with Crippen LogP contribution in [0.3, 0.4) is 0 Å². The number of ether oxygens (including phenoxy) is 4. The Hall–Kier alpha value is -4.59. The Morgan fingerprint density at radius 1 is 0.946 bits per heavy atom. The molecule has 1 fully saturated rings. The number of carbonyl (C=O) groups is 3. The van der Waals surface area contributed by atoms with E-state index in [1.807, 2.05) is 0 Å². The Labute approximate surface area is 328 Å². The summed E-state index contributed by atoms with van der Waals surface area (Å²) in [6.07, 6.45) is 5.83. The van der Waals surface area contributed by atoms with Crippen LogP contribution in [0, 0.1) is 36.5 Å². The zero-order valence-electron chi connectivity index (χ0n) is 34.1. The maximum absolute atomic E-state index is 14.6. The summed E-state index contributed by atoms with van der Waals surface area (Å²) in [7, 11) is 1.47. The third-order valence-electron chi connectivity index (χ3n) is 12.0. The predicted octanol–water partition coefficient (Wildman–Crippen LogP) is 6.28. The molecule has 1 saturated heterocycles. The number of aliphatic hydroxyl groups excluding tert-OH is 2. The number of methoxy groups -OCH3 is 1. The zero-order chi connectivity index (χ0) is 41.4. The van der Waals surface area contributed by atoms with Crippen molar-refractivity contribution in [2.75, 3.05) is 30.4 Å². The molecule has 6 rings (SSSR count). The summed E-state index contributed by atoms with van der Waals surface area (Å²) in [5.74, 6) is -5.96. The number of hydrogen-bond donors (Lipinski definition) is 5. The van der Waals surface area contributed by atoms with Gasteiger partial charge >= 0.3 is 11.8 Å². The van der Waals surface area contributed by atoms with Gasteiger partial charge in [0.1, 0.15) is 17.6 Å². The van der Waals surface area contributed by atoms with Crippen molar-refractivity contribution >= 4 is 39.8 Å². The van der Waals surface area contributed by atoms with Gasteiger partial charge in [-0.15, -0.1) is 0 Å². The molecule has 1 amide bonds. The van der Waals surface area contributed by atoms with Gasteiger partial charge in [0.25, 0.3) is 11.7 Å². The minimum absolute atomic E-state index is 0.00146. The number of esters is 1. The van der Waals surface area contributed by atoms with Crippen LogP contribution in [0.1, 0.15) is 84.2 Å². The van der Waals surface area contributed by atoms with Gasteiger partial charge in [-0.3, -0.25) is 14.4 Å². The number of hydrogen-bond acceptors (Lipinski definition) is 12. The van der Waals surface area contributed by atoms with Crippen LogP contribution in [-0.4, -0.2) is 88.5 Å². The van der Waals surface area contributed by atoms with E-state index in [-0.39, 0.29) is 44.7 Å². The number of anilines is 2. The molecule has 4 heterocycles. The maximum Gasteiger partial charge on any atom is 0.312 e. The zero-order valence-corrected chi connectivity index (χ0v) is 34.1. The number of nitrogens with zero attached hydrogens (tertiary/aromatic N) is 1. The number of nitrogens with one attached hydrogen (secondary N) is 1. The van der Waals surface area contributed by atoms with Crippen LogP contribution in [0.25, 0.3) is 10.8 Å². The predicted molar refractivity (Wildman–Crippen MR) is 213 cm³/mol. The van der Waals surface area contributed by atoms with Crippen molar-refractivity contribution in [2.45, 2.75) is 105 Å². The number of phenolic OH excluding ortho intramolecular Hbond substituents is 2. The summed E-state index contributed by atoms with van der Waals surface area (Å²) < 4.78 is 23.9. The number of phenols is 2. The molecule has 2 aromatic carbocycles. The van der Waals surface area contributed by atoms with E-state index in [0.717, 1.165) is 12.8 Å². The third kappa shape index (κ3) is 8.12. The molecule has 0 saturated carbocycles. The van der Waals surface area contributed by atoms with Crippen LogP contribution in [-0.2, 0) is 23.8 Å². The minimum Gasteiger partial charge on any atom is -0.507 e. The van der Waals surface area contributed by atoms with Crippen LogP contribution in [0.2, 0.25) is 0 Å². The standard InChI is InChI=1S/C43H58N2O11/c1-21-14-17-45(18-15-21)30-20-29-38(50)33-32(30)34-40(27(7)37(33)49)56-43(9,41(34)51)54-19-16-31(53-10)24(4)39(55-28(8)46)26(6)36(48)25(5)35(47)22(2)12-11-13-23(3)42(52)44-29/h11-13,16,19-22,24-26,31,35-36,39,47-50H,14-15,17-18H2,1-10H3,(H,44,52)/b12-11-,19-16?,23-13-. The van der Waals surface area contributed by atoms with E-state index in [0.29, 0.717) is 24.7 Å². The van der Waals surface area contributed by atoms with Crippen LogP contribution in [0.4, 0.5) is 11.4 Å². The van der Waals surface area contributed by atoms with Crippen molar-refractivity contribution in [1.82, 2.24) is 0 Å². The molecule has 306 valence electrons. The van der Waals surface area contributed by atoms with Gasteiger partial charge in [-0.25, -0.2) is 0 Å². The molecule has 0 aromatic heterocycles. The van der Waals surface area contributed by atoms with E-state index in [4.69, 9.17) is 18.9 Å². The molecular formula is C43H58N2O11. The van der Waals surface area contributed by atoms with Crippen LogP contribution < -0.4 is 15.0 Å². The molecule has 56 heavy (non-hydrogen) atoms. The molecule has 2 aromatic rings.